The number of aromatic nitrogens is 3. The van der Waals surface area contributed by atoms with E-state index in [4.69, 9.17) is 4.98 Å². The van der Waals surface area contributed by atoms with Crippen molar-refractivity contribution in [1.29, 1.82) is 0 Å². The summed E-state index contributed by atoms with van der Waals surface area (Å²) in [6.45, 7) is 5.74. The minimum Gasteiger partial charge on any atom is -0.348 e. The van der Waals surface area contributed by atoms with Crippen molar-refractivity contribution in [2.45, 2.75) is 31.8 Å². The number of hydrogen-bond donors (Lipinski definition) is 0. The van der Waals surface area contributed by atoms with E-state index >= 15 is 0 Å². The number of hydrogen-bond acceptors (Lipinski definition) is 4. The van der Waals surface area contributed by atoms with Crippen LogP contribution in [0.5, 0.6) is 0 Å². The van der Waals surface area contributed by atoms with Crippen LogP contribution in [-0.4, -0.2) is 51.0 Å². The first-order valence-corrected chi connectivity index (χ1v) is 8.01. The third-order valence-electron chi connectivity index (χ3n) is 4.54. The molecule has 2 aliphatic rings. The van der Waals surface area contributed by atoms with Gasteiger partial charge in [0, 0.05) is 43.8 Å². The van der Waals surface area contributed by atoms with Crippen LogP contribution >= 0.6 is 15.9 Å². The number of halogens is 1. The van der Waals surface area contributed by atoms with E-state index in [0.717, 1.165) is 29.2 Å². The predicted octanol–water partition coefficient (Wildman–Crippen LogP) is 2.16. The lowest BCUT2D eigenvalue weighted by Gasteiger charge is -2.42. The molecule has 2 atom stereocenters. The molecule has 0 N–H and O–H groups in total. The summed E-state index contributed by atoms with van der Waals surface area (Å²) in [5.41, 5.74) is 0.950. The summed E-state index contributed by atoms with van der Waals surface area (Å²) in [7, 11) is 0. The first-order valence-electron chi connectivity index (χ1n) is 7.22. The van der Waals surface area contributed by atoms with Crippen molar-refractivity contribution in [3.63, 3.8) is 0 Å². The zero-order chi connectivity index (χ0) is 13.7. The van der Waals surface area contributed by atoms with Crippen molar-refractivity contribution in [3.05, 3.63) is 23.2 Å². The van der Waals surface area contributed by atoms with Gasteiger partial charge in [0.05, 0.1) is 0 Å². The number of fused-ring (bicyclic) bond motifs is 2. The molecule has 2 aliphatic heterocycles. The molecule has 0 bridgehead atoms. The van der Waals surface area contributed by atoms with Gasteiger partial charge >= 0.3 is 0 Å². The average Bonchev–Trinajstić information content (AvgIpc) is 3.04. The highest BCUT2D eigenvalue weighted by atomic mass is 79.9. The van der Waals surface area contributed by atoms with Gasteiger partial charge in [-0.15, -0.1) is 0 Å². The molecular formula is C14H18BrN5. The highest BCUT2D eigenvalue weighted by molar-refractivity contribution is 9.10. The summed E-state index contributed by atoms with van der Waals surface area (Å²) in [6.07, 6.45) is 8.41. The van der Waals surface area contributed by atoms with Crippen molar-refractivity contribution in [2.75, 3.05) is 24.5 Å². The Labute approximate surface area is 126 Å². The number of imidazole rings is 1. The molecule has 2 aromatic rings. The third-order valence-corrected chi connectivity index (χ3v) is 4.92. The number of nitrogens with zero attached hydrogens (tertiary/aromatic N) is 5. The standard InChI is InChI=1S/C14H18BrN5/c1-10-7-18-5-2-3-11(18)8-20(10)14-13-16-4-6-19(13)9-12(15)17-14/h4,6,9-11H,2-3,5,7-8H2,1H3. The van der Waals surface area contributed by atoms with Crippen molar-refractivity contribution < 1.29 is 0 Å². The highest BCUT2D eigenvalue weighted by Gasteiger charge is 2.35. The van der Waals surface area contributed by atoms with E-state index in [1.54, 1.807) is 0 Å². The molecule has 0 saturated carbocycles. The zero-order valence-electron chi connectivity index (χ0n) is 11.5. The van der Waals surface area contributed by atoms with Gasteiger partial charge in [-0.25, -0.2) is 9.97 Å². The van der Waals surface area contributed by atoms with E-state index in [9.17, 15) is 0 Å². The van der Waals surface area contributed by atoms with Gasteiger partial charge in [-0.05, 0) is 42.2 Å². The molecule has 106 valence electrons. The van der Waals surface area contributed by atoms with E-state index in [-0.39, 0.29) is 0 Å². The van der Waals surface area contributed by atoms with Crippen LogP contribution in [0.3, 0.4) is 0 Å². The maximum Gasteiger partial charge on any atom is 0.180 e. The van der Waals surface area contributed by atoms with Crippen molar-refractivity contribution in [3.8, 4) is 0 Å². The number of piperazine rings is 1. The third kappa shape index (κ3) is 1.93. The fraction of sp³-hybridized carbons (Fsp3) is 0.571. The molecule has 0 spiro atoms. The van der Waals surface area contributed by atoms with Crippen LogP contribution < -0.4 is 4.90 Å². The van der Waals surface area contributed by atoms with Gasteiger partial charge in [0.1, 0.15) is 4.60 Å². The van der Waals surface area contributed by atoms with Crippen LogP contribution in [0.25, 0.3) is 5.65 Å². The van der Waals surface area contributed by atoms with Gasteiger partial charge in [-0.3, -0.25) is 4.90 Å². The molecule has 2 fully saturated rings. The Bertz CT molecular complexity index is 640. The molecule has 2 saturated heterocycles. The second-order valence-electron chi connectivity index (χ2n) is 5.84. The quantitative estimate of drug-likeness (QED) is 0.800. The highest BCUT2D eigenvalue weighted by Crippen LogP contribution is 2.30. The smallest absolute Gasteiger partial charge is 0.180 e. The fourth-order valence-electron chi connectivity index (χ4n) is 3.56. The summed E-state index contributed by atoms with van der Waals surface area (Å²) in [6, 6.07) is 1.16. The largest absolute Gasteiger partial charge is 0.348 e. The lowest BCUT2D eigenvalue weighted by atomic mass is 10.1. The number of anilines is 1. The SMILES string of the molecule is CC1CN2CCCC2CN1c1nc(Br)cn2ccnc12. The van der Waals surface area contributed by atoms with E-state index in [1.807, 2.05) is 23.0 Å². The summed E-state index contributed by atoms with van der Waals surface area (Å²) in [5, 5.41) is 0. The Morgan fingerprint density at radius 2 is 2.25 bits per heavy atom. The Morgan fingerprint density at radius 3 is 3.15 bits per heavy atom. The summed E-state index contributed by atoms with van der Waals surface area (Å²) in [4.78, 5) is 14.2. The van der Waals surface area contributed by atoms with E-state index in [2.05, 4.69) is 37.6 Å². The molecule has 4 rings (SSSR count). The molecule has 0 radical (unpaired) electrons. The van der Waals surface area contributed by atoms with Crippen LogP contribution in [0.15, 0.2) is 23.2 Å². The van der Waals surface area contributed by atoms with Gasteiger partial charge < -0.3 is 9.30 Å². The molecule has 0 aliphatic carbocycles. The van der Waals surface area contributed by atoms with E-state index in [1.165, 1.54) is 19.4 Å². The molecule has 5 nitrogen and oxygen atoms in total. The second-order valence-corrected chi connectivity index (χ2v) is 6.65. The lowest BCUT2D eigenvalue weighted by molar-refractivity contribution is 0.202. The van der Waals surface area contributed by atoms with Crippen molar-refractivity contribution in [2.24, 2.45) is 0 Å². The Morgan fingerprint density at radius 1 is 1.35 bits per heavy atom. The fourth-order valence-corrected chi connectivity index (χ4v) is 3.95. The maximum absolute atomic E-state index is 4.70. The maximum atomic E-state index is 4.70. The number of rotatable bonds is 1. The van der Waals surface area contributed by atoms with Gasteiger partial charge in [-0.2, -0.15) is 0 Å². The molecule has 20 heavy (non-hydrogen) atoms. The first kappa shape index (κ1) is 12.6. The first-order chi connectivity index (χ1) is 9.72. The molecule has 4 heterocycles. The second kappa shape index (κ2) is 4.70. The Kier molecular flexibility index (Phi) is 2.96. The Balaban J connectivity index is 1.76. The summed E-state index contributed by atoms with van der Waals surface area (Å²) < 4.78 is 2.90. The van der Waals surface area contributed by atoms with Crippen molar-refractivity contribution in [1.82, 2.24) is 19.3 Å². The molecular weight excluding hydrogens is 318 g/mol. The van der Waals surface area contributed by atoms with Gasteiger partial charge in [0.25, 0.3) is 0 Å². The minimum atomic E-state index is 0.478. The lowest BCUT2D eigenvalue weighted by Crippen LogP contribution is -2.55. The van der Waals surface area contributed by atoms with Crippen LogP contribution in [0.2, 0.25) is 0 Å². The minimum absolute atomic E-state index is 0.478. The van der Waals surface area contributed by atoms with Crippen LogP contribution in [-0.2, 0) is 0 Å². The zero-order valence-corrected chi connectivity index (χ0v) is 13.1. The van der Waals surface area contributed by atoms with E-state index in [0.29, 0.717) is 12.1 Å². The van der Waals surface area contributed by atoms with Crippen molar-refractivity contribution >= 4 is 27.4 Å². The van der Waals surface area contributed by atoms with Gasteiger partial charge in [0.15, 0.2) is 11.5 Å². The Hall–Kier alpha value is -1.14. The summed E-state index contributed by atoms with van der Waals surface area (Å²) in [5.74, 6) is 1.00. The summed E-state index contributed by atoms with van der Waals surface area (Å²) >= 11 is 3.51. The van der Waals surface area contributed by atoms with Gasteiger partial charge in [0.2, 0.25) is 0 Å². The monoisotopic (exact) mass is 335 g/mol. The molecule has 2 unspecified atom stereocenters. The molecule has 0 amide bonds. The van der Waals surface area contributed by atoms with Crippen LogP contribution in [0, 0.1) is 0 Å². The molecule has 0 aromatic carbocycles. The predicted molar refractivity (Wildman–Crippen MR) is 82.1 cm³/mol. The van der Waals surface area contributed by atoms with Crippen LogP contribution in [0.4, 0.5) is 5.82 Å². The topological polar surface area (TPSA) is 36.7 Å². The van der Waals surface area contributed by atoms with Gasteiger partial charge in [-0.1, -0.05) is 0 Å². The normalized spacial score (nSPS) is 27.2. The molecule has 6 heteroatoms. The molecule has 2 aromatic heterocycles. The average molecular weight is 336 g/mol. The van der Waals surface area contributed by atoms with Crippen LogP contribution in [0.1, 0.15) is 19.8 Å². The van der Waals surface area contributed by atoms with E-state index < -0.39 is 0 Å².